The first-order valence-electron chi connectivity index (χ1n) is 3.47. The molecular formula is C3H7N3O10S2. The van der Waals surface area contributed by atoms with Gasteiger partial charge in [-0.15, -0.1) is 0 Å². The first kappa shape index (κ1) is 18.8. The Morgan fingerprint density at radius 2 is 1.17 bits per heavy atom. The van der Waals surface area contributed by atoms with Crippen LogP contribution in [0.3, 0.4) is 0 Å². The van der Waals surface area contributed by atoms with Gasteiger partial charge in [0.15, 0.2) is 0 Å². The summed E-state index contributed by atoms with van der Waals surface area (Å²) in [6.07, 6.45) is 2.16. The molecule has 0 spiro atoms. The second-order valence-electron chi connectivity index (χ2n) is 2.59. The van der Waals surface area contributed by atoms with Gasteiger partial charge in [0.1, 0.15) is 12.5 Å². The Hall–Kier alpha value is -1.58. The summed E-state index contributed by atoms with van der Waals surface area (Å²) < 4.78 is 32.8. The Morgan fingerprint density at radius 3 is 1.17 bits per heavy atom. The summed E-state index contributed by atoms with van der Waals surface area (Å²) in [6.45, 7) is 0. The number of hydrogen-bond acceptors (Lipinski definition) is 9. The molecule has 18 heavy (non-hydrogen) atoms. The minimum Gasteiger partial charge on any atom is -0.726 e. The first-order chi connectivity index (χ1) is 7.77. The quantitative estimate of drug-likeness (QED) is 0.155. The number of rotatable bonds is 4. The zero-order chi connectivity index (χ0) is 15.3. The van der Waals surface area contributed by atoms with Gasteiger partial charge in [-0.05, 0) is 0 Å². The van der Waals surface area contributed by atoms with E-state index < -0.39 is 41.2 Å². The van der Waals surface area contributed by atoms with Crippen molar-refractivity contribution in [1.29, 1.82) is 0 Å². The van der Waals surface area contributed by atoms with Gasteiger partial charge in [0.25, 0.3) is 0 Å². The molecule has 0 aliphatic heterocycles. The lowest BCUT2D eigenvalue weighted by molar-refractivity contribution is -0.935. The molecular weight excluding hydrogens is 302 g/mol. The van der Waals surface area contributed by atoms with Gasteiger partial charge in [-0.3, -0.25) is 4.55 Å². The summed E-state index contributed by atoms with van der Waals surface area (Å²) in [5, 5.41) is 27.5. The molecule has 106 valence electrons. The van der Waals surface area contributed by atoms with Crippen LogP contribution in [0.1, 0.15) is 0 Å². The molecule has 0 atom stereocenters. The molecule has 0 aliphatic carbocycles. The zero-order valence-corrected chi connectivity index (χ0v) is 10.4. The third kappa shape index (κ3) is 5.17. The van der Waals surface area contributed by atoms with E-state index in [1.54, 1.807) is 0 Å². The largest absolute Gasteiger partial charge is 0.845 e. The minimum absolute atomic E-state index is 1.08. The lowest BCUT2D eigenvalue weighted by Gasteiger charge is -2.03. The number of hydrogen-bond donors (Lipinski definition) is 1. The highest BCUT2D eigenvalue weighted by Crippen LogP contribution is 2.19. The van der Waals surface area contributed by atoms with Crippen LogP contribution >= 0.6 is 0 Å². The molecule has 0 aromatic rings. The van der Waals surface area contributed by atoms with Crippen LogP contribution in [0.4, 0.5) is 0 Å². The van der Waals surface area contributed by atoms with Gasteiger partial charge >= 0.3 is 5.12 Å². The monoisotopic (exact) mass is 309 g/mol. The molecule has 0 fully saturated rings. The van der Waals surface area contributed by atoms with Gasteiger partial charge in [-0.2, -0.15) is 0 Å². The molecule has 0 aromatic carbocycles. The smallest absolute Gasteiger partial charge is 0.726 e. The number of nitrogens with zero attached hydrogens (tertiary/aromatic N) is 3. The minimum atomic E-state index is -4.92. The van der Waals surface area contributed by atoms with Gasteiger partial charge in [-0.1, -0.05) is 0 Å². The van der Waals surface area contributed by atoms with Gasteiger partial charge in [0, 0.05) is 0 Å². The zero-order valence-electron chi connectivity index (χ0n) is 8.78. The Morgan fingerprint density at radius 1 is 1.00 bits per heavy atom. The predicted molar refractivity (Wildman–Crippen MR) is 55.3 cm³/mol. The Labute approximate surface area is 102 Å². The third-order valence-corrected chi connectivity index (χ3v) is 2.80. The fourth-order valence-corrected chi connectivity index (χ4v) is 1.54. The van der Waals surface area contributed by atoms with Crippen LogP contribution < -0.4 is 0 Å². The summed E-state index contributed by atoms with van der Waals surface area (Å²) in [6, 6.07) is 0. The third-order valence-electron chi connectivity index (χ3n) is 1.26. The van der Waals surface area contributed by atoms with Crippen molar-refractivity contribution < 1.29 is 32.3 Å². The second kappa shape index (κ2) is 6.38. The highest BCUT2D eigenvalue weighted by Gasteiger charge is 2.82. The van der Waals surface area contributed by atoms with Gasteiger partial charge in [-0.25, -0.2) is 38.8 Å². The van der Waals surface area contributed by atoms with Crippen molar-refractivity contribution in [3.8, 4) is 0 Å². The van der Waals surface area contributed by atoms with E-state index in [9.17, 15) is 30.3 Å². The van der Waals surface area contributed by atoms with Crippen molar-refractivity contribution in [2.45, 2.75) is 5.12 Å². The maximum Gasteiger partial charge on any atom is 0.845 e. The van der Waals surface area contributed by atoms with E-state index in [2.05, 4.69) is 0 Å². The van der Waals surface area contributed by atoms with Crippen molar-refractivity contribution in [3.63, 3.8) is 0 Å². The Bertz CT molecular complexity index is 397. The molecule has 0 heterocycles. The van der Waals surface area contributed by atoms with Crippen LogP contribution in [0.25, 0.3) is 0 Å². The van der Waals surface area contributed by atoms with Crippen LogP contribution in [-0.4, -0.2) is 49.9 Å². The highest BCUT2D eigenvalue weighted by atomic mass is 32.3. The molecule has 0 aliphatic rings. The fraction of sp³-hybridized carbons (Fsp3) is 1.00. The summed E-state index contributed by atoms with van der Waals surface area (Å²) in [4.78, 5) is 26.4. The topological polar surface area (TPSA) is 207 Å². The molecule has 0 amide bonds. The fourth-order valence-electron chi connectivity index (χ4n) is 0.647. The molecule has 0 radical (unpaired) electrons. The van der Waals surface area contributed by atoms with Crippen LogP contribution in [0.5, 0.6) is 0 Å². The van der Waals surface area contributed by atoms with Crippen LogP contribution in [-0.2, 0) is 21.3 Å². The molecule has 0 aromatic heterocycles. The average Bonchev–Trinajstić information content (AvgIpc) is 1.96. The maximum atomic E-state index is 10.3. The van der Waals surface area contributed by atoms with Crippen molar-refractivity contribution >= 4 is 21.3 Å². The normalized spacial score (nSPS) is 11.4. The lowest BCUT2D eigenvalue weighted by atomic mass is 10.9. The predicted octanol–water partition coefficient (Wildman–Crippen LogP) is -1.69. The molecule has 1 N–H and O–H groups in total. The molecule has 13 nitrogen and oxygen atoms in total. The van der Waals surface area contributed by atoms with Crippen LogP contribution in [0, 0.1) is 30.3 Å². The molecule has 0 unspecified atom stereocenters. The van der Waals surface area contributed by atoms with E-state index in [1.165, 1.54) is 0 Å². The van der Waals surface area contributed by atoms with E-state index in [1.807, 2.05) is 0 Å². The number of nitro groups is 3. The SMILES string of the molecule is C[S+](C)C([N+](=O)[O-])([N+](=O)[O-])[N+](=O)[O-].O=S(=O)([O-])O. The van der Waals surface area contributed by atoms with Crippen molar-refractivity contribution in [1.82, 2.24) is 0 Å². The Balaban J connectivity index is 0. The highest BCUT2D eigenvalue weighted by molar-refractivity contribution is 7.96. The van der Waals surface area contributed by atoms with Crippen LogP contribution in [0.2, 0.25) is 0 Å². The average molecular weight is 309 g/mol. The van der Waals surface area contributed by atoms with E-state index in [0.29, 0.717) is 0 Å². The van der Waals surface area contributed by atoms with Gasteiger partial charge < -0.3 is 4.55 Å². The van der Waals surface area contributed by atoms with E-state index in [-0.39, 0.29) is 0 Å². The van der Waals surface area contributed by atoms with E-state index in [4.69, 9.17) is 17.5 Å². The maximum absolute atomic E-state index is 10.3. The van der Waals surface area contributed by atoms with Crippen molar-refractivity contribution in [3.05, 3.63) is 30.3 Å². The summed E-state index contributed by atoms with van der Waals surface area (Å²) in [5.74, 6) is 0. The van der Waals surface area contributed by atoms with E-state index >= 15 is 0 Å². The van der Waals surface area contributed by atoms with Crippen molar-refractivity contribution in [2.75, 3.05) is 12.5 Å². The van der Waals surface area contributed by atoms with Crippen molar-refractivity contribution in [2.24, 2.45) is 0 Å². The summed E-state index contributed by atoms with van der Waals surface area (Å²) >= 11 is 0. The van der Waals surface area contributed by atoms with Gasteiger partial charge in [0.2, 0.25) is 36.1 Å². The first-order valence-corrected chi connectivity index (χ1v) is 6.88. The lowest BCUT2D eigenvalue weighted by Crippen LogP contribution is -2.58. The molecule has 0 bridgehead atoms. The molecule has 0 saturated carbocycles. The molecule has 0 saturated heterocycles. The Kier molecular flexibility index (Phi) is 6.65. The molecule has 15 heteroatoms. The molecule has 0 rings (SSSR count). The standard InChI is InChI=1S/C3H6N3O6S.H2O4S/c1-13(2)3(4(7)8,5(9)10)6(11)12;1-5(2,3)4/h1-2H3;(H2,1,2,3,4)/q+1;/p-1. The second-order valence-corrected chi connectivity index (χ2v) is 5.63. The van der Waals surface area contributed by atoms with E-state index in [0.717, 1.165) is 12.5 Å². The van der Waals surface area contributed by atoms with Crippen LogP contribution in [0.15, 0.2) is 0 Å². The van der Waals surface area contributed by atoms with Gasteiger partial charge in [0.05, 0.1) is 0 Å². The summed E-state index contributed by atoms with van der Waals surface area (Å²) in [5.41, 5.74) is 0. The summed E-state index contributed by atoms with van der Waals surface area (Å²) in [7, 11) is -6.52.